The Hall–Kier alpha value is -0.190. The normalized spacial score (nSPS) is 28.9. The van der Waals surface area contributed by atoms with Crippen LogP contribution in [0.25, 0.3) is 0 Å². The molecule has 1 unspecified atom stereocenters. The molecule has 12 heavy (non-hydrogen) atoms. The molecule has 2 aliphatic heterocycles. The molecular formula is C8H8O2S2. The predicted molar refractivity (Wildman–Crippen MR) is 51.6 cm³/mol. The summed E-state index contributed by atoms with van der Waals surface area (Å²) < 4.78 is 0. The highest BCUT2D eigenvalue weighted by Crippen LogP contribution is 2.52. The molecule has 1 N–H and O–H groups in total. The van der Waals surface area contributed by atoms with Crippen molar-refractivity contribution in [3.05, 3.63) is 21.0 Å². The third-order valence-electron chi connectivity index (χ3n) is 2.01. The summed E-state index contributed by atoms with van der Waals surface area (Å²) in [4.78, 5) is 13.2. The second-order valence-corrected chi connectivity index (χ2v) is 4.90. The lowest BCUT2D eigenvalue weighted by molar-refractivity contribution is -0.107. The fourth-order valence-electron chi connectivity index (χ4n) is 1.19. The van der Waals surface area contributed by atoms with Crippen LogP contribution in [0, 0.1) is 0 Å². The van der Waals surface area contributed by atoms with Gasteiger partial charge in [-0.15, -0.1) is 0 Å². The topological polar surface area (TPSA) is 37.3 Å². The first-order valence-corrected chi connectivity index (χ1v) is 5.30. The van der Waals surface area contributed by atoms with Gasteiger partial charge in [0.15, 0.2) is 0 Å². The molecule has 0 aromatic heterocycles. The molecular weight excluding hydrogens is 192 g/mol. The average molecular weight is 200 g/mol. The number of carbonyl (C=O) groups excluding carboxylic acids is 1. The quantitative estimate of drug-likeness (QED) is 0.647. The van der Waals surface area contributed by atoms with Crippen molar-refractivity contribution in [2.75, 3.05) is 0 Å². The maximum atomic E-state index is 11.2. The van der Waals surface area contributed by atoms with Crippen LogP contribution in [0.5, 0.6) is 0 Å². The third-order valence-corrected chi connectivity index (χ3v) is 4.68. The van der Waals surface area contributed by atoms with Gasteiger partial charge >= 0.3 is 0 Å². The Labute approximate surface area is 79.1 Å². The van der Waals surface area contributed by atoms with Gasteiger partial charge in [0.25, 0.3) is 0 Å². The first kappa shape index (κ1) is 8.41. The van der Waals surface area contributed by atoms with Crippen molar-refractivity contribution < 1.29 is 9.90 Å². The highest BCUT2D eigenvalue weighted by Gasteiger charge is 2.35. The summed E-state index contributed by atoms with van der Waals surface area (Å²) in [5, 5.41) is 9.58. The molecule has 2 nitrogen and oxygen atoms in total. The van der Waals surface area contributed by atoms with Crippen LogP contribution in [0.2, 0.25) is 0 Å². The summed E-state index contributed by atoms with van der Waals surface area (Å²) in [7, 11) is 0. The predicted octanol–water partition coefficient (Wildman–Crippen LogP) is 1.87. The van der Waals surface area contributed by atoms with Crippen LogP contribution in [0.1, 0.15) is 13.8 Å². The van der Waals surface area contributed by atoms with E-state index in [-0.39, 0.29) is 5.12 Å². The van der Waals surface area contributed by atoms with Gasteiger partial charge in [0, 0.05) is 15.4 Å². The number of aliphatic hydroxyl groups excluding tert-OH is 1. The van der Waals surface area contributed by atoms with Crippen molar-refractivity contribution in [1.29, 1.82) is 0 Å². The van der Waals surface area contributed by atoms with Crippen LogP contribution in [-0.2, 0) is 4.79 Å². The van der Waals surface area contributed by atoms with Crippen molar-refractivity contribution in [2.24, 2.45) is 0 Å². The molecule has 0 aliphatic carbocycles. The number of fused-ring (bicyclic) bond motifs is 1. The van der Waals surface area contributed by atoms with E-state index < -0.39 is 5.44 Å². The fourth-order valence-corrected chi connectivity index (χ4v) is 3.62. The van der Waals surface area contributed by atoms with Crippen molar-refractivity contribution >= 4 is 28.6 Å². The summed E-state index contributed by atoms with van der Waals surface area (Å²) in [6.07, 6.45) is 0. The Kier molecular flexibility index (Phi) is 1.86. The minimum absolute atomic E-state index is 0.124. The number of rotatable bonds is 0. The van der Waals surface area contributed by atoms with Crippen LogP contribution >= 0.6 is 23.5 Å². The van der Waals surface area contributed by atoms with Gasteiger partial charge in [-0.3, -0.25) is 4.79 Å². The number of carbonyl (C=O) groups is 1. The van der Waals surface area contributed by atoms with Crippen LogP contribution in [-0.4, -0.2) is 15.7 Å². The first-order valence-electron chi connectivity index (χ1n) is 3.60. The van der Waals surface area contributed by atoms with Crippen molar-refractivity contribution in [3.63, 3.8) is 0 Å². The molecule has 2 rings (SSSR count). The summed E-state index contributed by atoms with van der Waals surface area (Å²) in [6, 6.07) is 0. The Balaban J connectivity index is 2.52. The maximum Gasteiger partial charge on any atom is 0.220 e. The molecule has 0 radical (unpaired) electrons. The van der Waals surface area contributed by atoms with E-state index in [1.54, 1.807) is 0 Å². The van der Waals surface area contributed by atoms with Crippen molar-refractivity contribution in [2.45, 2.75) is 19.3 Å². The summed E-state index contributed by atoms with van der Waals surface area (Å²) in [6.45, 7) is 3.69. The Bertz CT molecular complexity index is 328. The molecule has 0 saturated heterocycles. The summed E-state index contributed by atoms with van der Waals surface area (Å²) >= 11 is 2.62. The molecule has 0 amide bonds. The molecule has 4 heteroatoms. The smallest absolute Gasteiger partial charge is 0.220 e. The second kappa shape index (κ2) is 2.65. The lowest BCUT2D eigenvalue weighted by Crippen LogP contribution is -1.97. The molecule has 1 atom stereocenters. The number of hydrogen-bond donors (Lipinski definition) is 1. The number of hydrogen-bond acceptors (Lipinski definition) is 4. The third kappa shape index (κ3) is 0.985. The second-order valence-electron chi connectivity index (χ2n) is 2.83. The molecule has 0 spiro atoms. The van der Waals surface area contributed by atoms with E-state index in [2.05, 4.69) is 0 Å². The first-order chi connectivity index (χ1) is 5.61. The van der Waals surface area contributed by atoms with E-state index in [0.29, 0.717) is 0 Å². The van der Waals surface area contributed by atoms with E-state index in [1.807, 2.05) is 13.8 Å². The molecule has 0 aromatic carbocycles. The molecule has 0 bridgehead atoms. The SMILES string of the molecule is CC1=C2SC(O)C(C)=C2SC1=O. The van der Waals surface area contributed by atoms with E-state index in [9.17, 15) is 9.90 Å². The number of aliphatic hydroxyl groups is 1. The Morgan fingerprint density at radius 3 is 2.58 bits per heavy atom. The van der Waals surface area contributed by atoms with Gasteiger partial charge in [-0.2, -0.15) is 0 Å². The minimum Gasteiger partial charge on any atom is -0.378 e. The fraction of sp³-hybridized carbons (Fsp3) is 0.375. The molecule has 0 aromatic rings. The van der Waals surface area contributed by atoms with Crippen molar-refractivity contribution in [3.8, 4) is 0 Å². The van der Waals surface area contributed by atoms with Gasteiger partial charge in [-0.25, -0.2) is 0 Å². The molecule has 2 aliphatic rings. The standard InChI is InChI=1S/C8H8O2S2/c1-3-5-6(12-7(3)9)4(2)8(10)11-5/h7,9H,1-2H3. The van der Waals surface area contributed by atoms with Gasteiger partial charge in [0.1, 0.15) is 5.44 Å². The minimum atomic E-state index is -0.439. The Morgan fingerprint density at radius 2 is 2.00 bits per heavy atom. The van der Waals surface area contributed by atoms with Gasteiger partial charge in [0.2, 0.25) is 5.12 Å². The van der Waals surface area contributed by atoms with E-state index in [0.717, 1.165) is 21.0 Å². The zero-order valence-corrected chi connectivity index (χ0v) is 8.38. The van der Waals surface area contributed by atoms with Gasteiger partial charge in [-0.05, 0) is 31.2 Å². The zero-order chi connectivity index (χ0) is 8.88. The largest absolute Gasteiger partial charge is 0.378 e. The van der Waals surface area contributed by atoms with Gasteiger partial charge in [-0.1, -0.05) is 11.8 Å². The van der Waals surface area contributed by atoms with Gasteiger partial charge in [0.05, 0.1) is 0 Å². The summed E-state index contributed by atoms with van der Waals surface area (Å²) in [5.74, 6) is 0. The van der Waals surface area contributed by atoms with Crippen molar-refractivity contribution in [1.82, 2.24) is 0 Å². The highest BCUT2D eigenvalue weighted by molar-refractivity contribution is 8.20. The molecule has 64 valence electrons. The van der Waals surface area contributed by atoms with E-state index in [4.69, 9.17) is 0 Å². The van der Waals surface area contributed by atoms with Crippen LogP contribution in [0.4, 0.5) is 0 Å². The average Bonchev–Trinajstić information content (AvgIpc) is 2.43. The van der Waals surface area contributed by atoms with Crippen LogP contribution < -0.4 is 0 Å². The summed E-state index contributed by atoms with van der Waals surface area (Å²) in [5.41, 5.74) is 1.27. The van der Waals surface area contributed by atoms with Crippen LogP contribution in [0.3, 0.4) is 0 Å². The van der Waals surface area contributed by atoms with E-state index >= 15 is 0 Å². The molecule has 0 fully saturated rings. The molecule has 0 saturated carbocycles. The lowest BCUT2D eigenvalue weighted by Gasteiger charge is -2.01. The highest BCUT2D eigenvalue weighted by atomic mass is 32.2. The lowest BCUT2D eigenvalue weighted by atomic mass is 10.2. The van der Waals surface area contributed by atoms with Crippen LogP contribution in [0.15, 0.2) is 21.0 Å². The Morgan fingerprint density at radius 1 is 1.33 bits per heavy atom. The number of thioether (sulfide) groups is 2. The molecule has 2 heterocycles. The maximum absolute atomic E-state index is 11.2. The van der Waals surface area contributed by atoms with Gasteiger partial charge < -0.3 is 5.11 Å². The zero-order valence-electron chi connectivity index (χ0n) is 6.75. The van der Waals surface area contributed by atoms with E-state index in [1.165, 1.54) is 23.5 Å². The monoisotopic (exact) mass is 200 g/mol.